The third kappa shape index (κ3) is 3.51. The minimum Gasteiger partial charge on any atom is -0.370 e. The largest absolute Gasteiger partial charge is 0.370 e. The number of rotatable bonds is 4. The van der Waals surface area contributed by atoms with Crippen molar-refractivity contribution in [3.8, 4) is 0 Å². The summed E-state index contributed by atoms with van der Waals surface area (Å²) in [7, 11) is 0. The maximum Gasteiger partial charge on any atom is 0.318 e. The molecule has 2 aromatic heterocycles. The number of nitrogens with one attached hydrogen (secondary N) is 1. The molecule has 0 spiro atoms. The molecule has 0 aromatic carbocycles. The molecule has 0 saturated carbocycles. The molecule has 1 fully saturated rings. The Labute approximate surface area is 138 Å². The van der Waals surface area contributed by atoms with Gasteiger partial charge >= 0.3 is 6.03 Å². The van der Waals surface area contributed by atoms with Gasteiger partial charge in [-0.15, -0.1) is 11.3 Å². The van der Waals surface area contributed by atoms with Gasteiger partial charge in [-0.2, -0.15) is 11.3 Å². The van der Waals surface area contributed by atoms with Crippen LogP contribution in [0.2, 0.25) is 0 Å². The molecule has 3 heterocycles. The molecule has 6 heteroatoms. The first-order chi connectivity index (χ1) is 10.8. The fourth-order valence-corrected chi connectivity index (χ4v) is 4.16. The lowest BCUT2D eigenvalue weighted by Gasteiger charge is -2.33. The summed E-state index contributed by atoms with van der Waals surface area (Å²) in [5, 5.41) is 9.33. The summed E-state index contributed by atoms with van der Waals surface area (Å²) in [6.07, 6.45) is 0.887. The zero-order chi connectivity index (χ0) is 15.4. The van der Waals surface area contributed by atoms with Crippen LogP contribution in [-0.2, 0) is 4.74 Å². The van der Waals surface area contributed by atoms with E-state index in [-0.39, 0.29) is 18.2 Å². The zero-order valence-corrected chi connectivity index (χ0v) is 14.2. The van der Waals surface area contributed by atoms with Gasteiger partial charge in [0.05, 0.1) is 19.2 Å². The van der Waals surface area contributed by atoms with E-state index in [0.717, 1.165) is 12.0 Å². The highest BCUT2D eigenvalue weighted by molar-refractivity contribution is 7.10. The Kier molecular flexibility index (Phi) is 5.12. The van der Waals surface area contributed by atoms with Crippen molar-refractivity contribution in [1.29, 1.82) is 0 Å². The maximum absolute atomic E-state index is 12.5. The summed E-state index contributed by atoms with van der Waals surface area (Å²) < 4.78 is 5.79. The quantitative estimate of drug-likeness (QED) is 0.915. The molecule has 1 saturated heterocycles. The van der Waals surface area contributed by atoms with Crippen LogP contribution in [0, 0.1) is 0 Å². The van der Waals surface area contributed by atoms with E-state index in [2.05, 4.69) is 29.8 Å². The van der Waals surface area contributed by atoms with Crippen molar-refractivity contribution < 1.29 is 9.53 Å². The Morgan fingerprint density at radius 1 is 1.50 bits per heavy atom. The van der Waals surface area contributed by atoms with Crippen LogP contribution >= 0.6 is 22.7 Å². The van der Waals surface area contributed by atoms with Gasteiger partial charge in [0.25, 0.3) is 0 Å². The molecule has 4 nitrogen and oxygen atoms in total. The predicted octanol–water partition coefficient (Wildman–Crippen LogP) is 4.04. The number of amides is 2. The zero-order valence-electron chi connectivity index (χ0n) is 12.5. The molecule has 2 atom stereocenters. The van der Waals surface area contributed by atoms with Gasteiger partial charge in [-0.3, -0.25) is 0 Å². The molecule has 3 rings (SSSR count). The number of ether oxygens (including phenoxy) is 1. The molecule has 0 aliphatic carbocycles. The van der Waals surface area contributed by atoms with Gasteiger partial charge < -0.3 is 15.0 Å². The summed E-state index contributed by atoms with van der Waals surface area (Å²) in [5.41, 5.74) is 1.16. The van der Waals surface area contributed by atoms with E-state index in [1.165, 1.54) is 4.88 Å². The normalized spacial score (nSPS) is 19.9. The third-order valence-electron chi connectivity index (χ3n) is 3.86. The highest BCUT2D eigenvalue weighted by atomic mass is 32.1. The number of carbonyl (C=O) groups is 1. The van der Waals surface area contributed by atoms with E-state index in [1.54, 1.807) is 22.7 Å². The number of hydrogen-bond acceptors (Lipinski definition) is 4. The van der Waals surface area contributed by atoms with Crippen LogP contribution in [0.25, 0.3) is 0 Å². The smallest absolute Gasteiger partial charge is 0.318 e. The Bertz CT molecular complexity index is 583. The second-order valence-corrected chi connectivity index (χ2v) is 7.05. The molecule has 118 valence electrons. The van der Waals surface area contributed by atoms with Crippen molar-refractivity contribution >= 4 is 28.7 Å². The molecule has 1 aliphatic heterocycles. The molecule has 1 aliphatic rings. The summed E-state index contributed by atoms with van der Waals surface area (Å²) >= 11 is 3.34. The van der Waals surface area contributed by atoms with Gasteiger partial charge in [-0.25, -0.2) is 4.79 Å². The van der Waals surface area contributed by atoms with Gasteiger partial charge in [0, 0.05) is 11.4 Å². The minimum absolute atomic E-state index is 0.00350. The Balaban J connectivity index is 1.62. The molecule has 2 aromatic rings. The summed E-state index contributed by atoms with van der Waals surface area (Å²) in [4.78, 5) is 15.6. The lowest BCUT2D eigenvalue weighted by atomic mass is 10.1. The molecular formula is C16H20N2O2S2. The third-order valence-corrected chi connectivity index (χ3v) is 5.55. The van der Waals surface area contributed by atoms with Crippen molar-refractivity contribution in [2.75, 3.05) is 19.7 Å². The number of carbonyl (C=O) groups excluding carboxylic acids is 1. The highest BCUT2D eigenvalue weighted by Crippen LogP contribution is 2.25. The first kappa shape index (κ1) is 15.5. The van der Waals surface area contributed by atoms with Gasteiger partial charge in [0.1, 0.15) is 6.10 Å². The van der Waals surface area contributed by atoms with Crippen LogP contribution in [0.1, 0.15) is 35.9 Å². The molecule has 2 amide bonds. The minimum atomic E-state index is -0.00688. The molecule has 0 radical (unpaired) electrons. The number of morpholine rings is 1. The predicted molar refractivity (Wildman–Crippen MR) is 90.5 cm³/mol. The lowest BCUT2D eigenvalue weighted by molar-refractivity contribution is -0.0155. The van der Waals surface area contributed by atoms with Gasteiger partial charge in [-0.1, -0.05) is 13.0 Å². The first-order valence-electron chi connectivity index (χ1n) is 7.50. The second kappa shape index (κ2) is 7.26. The number of hydrogen-bond donors (Lipinski definition) is 1. The van der Waals surface area contributed by atoms with Crippen LogP contribution in [0.4, 0.5) is 4.79 Å². The van der Waals surface area contributed by atoms with Gasteiger partial charge in [-0.05, 0) is 40.3 Å². The fourth-order valence-electron chi connectivity index (χ4n) is 2.60. The van der Waals surface area contributed by atoms with Crippen LogP contribution in [0.15, 0.2) is 34.3 Å². The van der Waals surface area contributed by atoms with Crippen LogP contribution < -0.4 is 5.32 Å². The Hall–Kier alpha value is -1.37. The van der Waals surface area contributed by atoms with Crippen molar-refractivity contribution in [3.63, 3.8) is 0 Å². The van der Waals surface area contributed by atoms with Crippen molar-refractivity contribution in [3.05, 3.63) is 44.8 Å². The Morgan fingerprint density at radius 3 is 3.09 bits per heavy atom. The summed E-state index contributed by atoms with van der Waals surface area (Å²) in [6.45, 7) is 3.94. The van der Waals surface area contributed by atoms with E-state index in [4.69, 9.17) is 4.74 Å². The van der Waals surface area contributed by atoms with Gasteiger partial charge in [0.2, 0.25) is 0 Å². The van der Waals surface area contributed by atoms with E-state index >= 15 is 0 Å². The maximum atomic E-state index is 12.5. The first-order valence-corrected chi connectivity index (χ1v) is 9.32. The molecule has 0 unspecified atom stereocenters. The molecule has 0 bridgehead atoms. The van der Waals surface area contributed by atoms with Crippen molar-refractivity contribution in [2.24, 2.45) is 0 Å². The second-order valence-electron chi connectivity index (χ2n) is 5.29. The SMILES string of the molecule is CC[C@@H](NC(=O)N1CCO[C@@H](c2ccsc2)C1)c1cccs1. The van der Waals surface area contributed by atoms with Crippen LogP contribution in [0.3, 0.4) is 0 Å². The number of urea groups is 1. The average Bonchev–Trinajstić information content (AvgIpc) is 3.25. The van der Waals surface area contributed by atoms with Crippen molar-refractivity contribution in [2.45, 2.75) is 25.5 Å². The average molecular weight is 336 g/mol. The fraction of sp³-hybridized carbons (Fsp3) is 0.438. The molecule has 1 N–H and O–H groups in total. The van der Waals surface area contributed by atoms with Gasteiger partial charge in [0.15, 0.2) is 0 Å². The molecular weight excluding hydrogens is 316 g/mol. The monoisotopic (exact) mass is 336 g/mol. The number of nitrogens with zero attached hydrogens (tertiary/aromatic N) is 1. The number of thiophene rings is 2. The van der Waals surface area contributed by atoms with E-state index in [9.17, 15) is 4.79 Å². The van der Waals surface area contributed by atoms with E-state index in [0.29, 0.717) is 19.7 Å². The standard InChI is InChI=1S/C16H20N2O2S2/c1-2-13(15-4-3-8-22-15)17-16(19)18-6-7-20-14(10-18)12-5-9-21-11-12/h3-5,8-9,11,13-14H,2,6-7,10H2,1H3,(H,17,19)/t13-,14-/m1/s1. The van der Waals surface area contributed by atoms with Crippen LogP contribution in [-0.4, -0.2) is 30.6 Å². The molecule has 22 heavy (non-hydrogen) atoms. The van der Waals surface area contributed by atoms with E-state index in [1.807, 2.05) is 21.7 Å². The lowest BCUT2D eigenvalue weighted by Crippen LogP contribution is -2.47. The highest BCUT2D eigenvalue weighted by Gasteiger charge is 2.27. The topological polar surface area (TPSA) is 41.6 Å². The van der Waals surface area contributed by atoms with Crippen molar-refractivity contribution in [1.82, 2.24) is 10.2 Å². The van der Waals surface area contributed by atoms with Crippen LogP contribution in [0.5, 0.6) is 0 Å². The summed E-state index contributed by atoms with van der Waals surface area (Å²) in [5.74, 6) is 0. The summed E-state index contributed by atoms with van der Waals surface area (Å²) in [6, 6.07) is 6.26. The Morgan fingerprint density at radius 2 is 2.41 bits per heavy atom. The van der Waals surface area contributed by atoms with E-state index < -0.39 is 0 Å².